The van der Waals surface area contributed by atoms with Gasteiger partial charge in [-0.05, 0) is 36.5 Å². The van der Waals surface area contributed by atoms with E-state index in [1.807, 2.05) is 0 Å². The molecule has 2 heterocycles. The molecule has 3 aromatic rings. The third-order valence-electron chi connectivity index (χ3n) is 4.87. The molecule has 0 bridgehead atoms. The van der Waals surface area contributed by atoms with Gasteiger partial charge in [-0.15, -0.1) is 0 Å². The molecular weight excluding hydrogens is 384 g/mol. The fourth-order valence-electron chi connectivity index (χ4n) is 3.15. The zero-order valence-electron chi connectivity index (χ0n) is 15.2. The summed E-state index contributed by atoms with van der Waals surface area (Å²) >= 11 is 5.85. The van der Waals surface area contributed by atoms with Gasteiger partial charge in [0.1, 0.15) is 6.54 Å². The minimum Gasteiger partial charge on any atom is -0.388 e. The Morgan fingerprint density at radius 2 is 2.00 bits per heavy atom. The third kappa shape index (κ3) is 3.79. The summed E-state index contributed by atoms with van der Waals surface area (Å²) in [7, 11) is 1.66. The van der Waals surface area contributed by atoms with Crippen LogP contribution in [0.5, 0.6) is 0 Å². The Labute approximate surface area is 165 Å². The van der Waals surface area contributed by atoms with Crippen LogP contribution in [-0.2, 0) is 20.0 Å². The van der Waals surface area contributed by atoms with Crippen molar-refractivity contribution < 1.29 is 9.63 Å². The number of nitrogens with zero attached hydrogens (tertiary/aromatic N) is 4. The predicted molar refractivity (Wildman–Crippen MR) is 101 cm³/mol. The topological polar surface area (TPSA) is 103 Å². The highest BCUT2D eigenvalue weighted by Crippen LogP contribution is 2.38. The van der Waals surface area contributed by atoms with Gasteiger partial charge in [0.25, 0.3) is 5.56 Å². The maximum atomic E-state index is 12.5. The highest BCUT2D eigenvalue weighted by atomic mass is 35.5. The fraction of sp³-hybridized carbons (Fsp3) is 0.368. The van der Waals surface area contributed by atoms with Crippen molar-refractivity contribution in [1.29, 1.82) is 0 Å². The molecule has 1 N–H and O–H groups in total. The van der Waals surface area contributed by atoms with E-state index in [4.69, 9.17) is 16.1 Å². The minimum absolute atomic E-state index is 0.111. The molecule has 2 aromatic heterocycles. The fourth-order valence-corrected chi connectivity index (χ4v) is 3.28. The van der Waals surface area contributed by atoms with Gasteiger partial charge in [0.05, 0.1) is 6.10 Å². The van der Waals surface area contributed by atoms with Gasteiger partial charge in [-0.3, -0.25) is 9.36 Å². The van der Waals surface area contributed by atoms with Crippen LogP contribution in [0.3, 0.4) is 0 Å². The first-order valence-corrected chi connectivity index (χ1v) is 9.36. The molecule has 1 aromatic carbocycles. The number of hydrogen-bond donors (Lipinski definition) is 1. The molecule has 0 radical (unpaired) electrons. The monoisotopic (exact) mass is 402 g/mol. The lowest BCUT2D eigenvalue weighted by atomic mass is 10.1. The average molecular weight is 403 g/mol. The van der Waals surface area contributed by atoms with Gasteiger partial charge < -0.3 is 14.2 Å². The number of aromatic nitrogens is 4. The molecule has 28 heavy (non-hydrogen) atoms. The smallest absolute Gasteiger partial charge is 0.331 e. The predicted octanol–water partition coefficient (Wildman–Crippen LogP) is 1.79. The summed E-state index contributed by atoms with van der Waals surface area (Å²) in [5.41, 5.74) is 0.654. The summed E-state index contributed by atoms with van der Waals surface area (Å²) in [5.74, 6) is 0.720. The minimum atomic E-state index is -0.823. The first-order valence-electron chi connectivity index (χ1n) is 8.98. The standard InChI is InChI=1S/C19H19ClN4O4/c1-23-14(11-2-3-11)8-18(26)24(19(23)27)10-17-21-16(22-28-17)9-15(25)12-4-6-13(20)7-5-12/h4-8,11,15,25H,2-3,9-10H2,1H3/t15-/m0/s1. The molecule has 0 saturated heterocycles. The molecule has 1 atom stereocenters. The van der Waals surface area contributed by atoms with Gasteiger partial charge in [-0.2, -0.15) is 4.98 Å². The highest BCUT2D eigenvalue weighted by molar-refractivity contribution is 6.30. The van der Waals surface area contributed by atoms with Gasteiger partial charge >= 0.3 is 5.69 Å². The van der Waals surface area contributed by atoms with Gasteiger partial charge in [0.2, 0.25) is 5.89 Å². The number of hydrogen-bond acceptors (Lipinski definition) is 6. The molecule has 1 aliphatic rings. The molecule has 0 amide bonds. The highest BCUT2D eigenvalue weighted by Gasteiger charge is 2.27. The van der Waals surface area contributed by atoms with Crippen LogP contribution >= 0.6 is 11.6 Å². The average Bonchev–Trinajstić information content (AvgIpc) is 3.42. The number of aliphatic hydroxyl groups excluding tert-OH is 1. The largest absolute Gasteiger partial charge is 0.388 e. The van der Waals surface area contributed by atoms with Crippen molar-refractivity contribution in [2.24, 2.45) is 7.05 Å². The zero-order valence-corrected chi connectivity index (χ0v) is 16.0. The number of rotatable bonds is 6. The molecule has 1 fully saturated rings. The lowest BCUT2D eigenvalue weighted by Gasteiger charge is -2.09. The molecule has 0 unspecified atom stereocenters. The lowest BCUT2D eigenvalue weighted by molar-refractivity contribution is 0.174. The van der Waals surface area contributed by atoms with Crippen LogP contribution in [-0.4, -0.2) is 24.4 Å². The summed E-state index contributed by atoms with van der Waals surface area (Å²) in [6, 6.07) is 8.32. The molecule has 4 rings (SSSR count). The van der Waals surface area contributed by atoms with Crippen LogP contribution in [0.4, 0.5) is 0 Å². The second-order valence-electron chi connectivity index (χ2n) is 6.99. The molecule has 8 nitrogen and oxygen atoms in total. The Kier molecular flexibility index (Phi) is 4.91. The number of halogens is 1. The summed E-state index contributed by atoms with van der Waals surface area (Å²) in [6.07, 6.45) is 1.31. The van der Waals surface area contributed by atoms with E-state index >= 15 is 0 Å². The van der Waals surface area contributed by atoms with E-state index in [9.17, 15) is 14.7 Å². The summed E-state index contributed by atoms with van der Waals surface area (Å²) in [4.78, 5) is 29.1. The maximum Gasteiger partial charge on any atom is 0.331 e. The Hall–Kier alpha value is -2.71. The summed E-state index contributed by atoms with van der Waals surface area (Å²) < 4.78 is 7.73. The van der Waals surface area contributed by atoms with Crippen LogP contribution in [0.2, 0.25) is 5.02 Å². The van der Waals surface area contributed by atoms with Crippen LogP contribution in [0.25, 0.3) is 0 Å². The van der Waals surface area contributed by atoms with Crippen LogP contribution < -0.4 is 11.2 Å². The zero-order chi connectivity index (χ0) is 19.8. The number of benzene rings is 1. The van der Waals surface area contributed by atoms with Crippen molar-refractivity contribution in [1.82, 2.24) is 19.3 Å². The van der Waals surface area contributed by atoms with E-state index in [1.54, 1.807) is 31.3 Å². The van der Waals surface area contributed by atoms with Crippen molar-refractivity contribution >= 4 is 11.6 Å². The molecular formula is C19H19ClN4O4. The molecule has 0 aliphatic heterocycles. The summed E-state index contributed by atoms with van der Waals surface area (Å²) in [5, 5.41) is 14.7. The molecule has 146 valence electrons. The van der Waals surface area contributed by atoms with E-state index in [1.165, 1.54) is 10.6 Å². The summed E-state index contributed by atoms with van der Waals surface area (Å²) in [6.45, 7) is -0.111. The molecule has 0 spiro atoms. The number of aliphatic hydroxyl groups is 1. The maximum absolute atomic E-state index is 12.5. The second-order valence-corrected chi connectivity index (χ2v) is 7.42. The lowest BCUT2D eigenvalue weighted by Crippen LogP contribution is -2.40. The van der Waals surface area contributed by atoms with Crippen molar-refractivity contribution in [3.8, 4) is 0 Å². The van der Waals surface area contributed by atoms with Crippen molar-refractivity contribution in [3.05, 3.63) is 79.2 Å². The van der Waals surface area contributed by atoms with Crippen LogP contribution in [0.15, 0.2) is 44.4 Å². The van der Waals surface area contributed by atoms with Crippen molar-refractivity contribution in [3.63, 3.8) is 0 Å². The van der Waals surface area contributed by atoms with Gasteiger partial charge in [-0.1, -0.05) is 28.9 Å². The van der Waals surface area contributed by atoms with Crippen LogP contribution in [0.1, 0.15) is 47.8 Å². The van der Waals surface area contributed by atoms with Gasteiger partial charge in [0.15, 0.2) is 5.82 Å². The van der Waals surface area contributed by atoms with E-state index in [2.05, 4.69) is 10.1 Å². The SMILES string of the molecule is Cn1c(C2CC2)cc(=O)n(Cc2nc(C[C@H](O)c3ccc(Cl)cc3)no2)c1=O. The first-order chi connectivity index (χ1) is 13.4. The molecule has 1 saturated carbocycles. The van der Waals surface area contributed by atoms with E-state index in [0.717, 1.165) is 23.1 Å². The van der Waals surface area contributed by atoms with E-state index in [0.29, 0.717) is 16.5 Å². The Bertz CT molecular complexity index is 1110. The Balaban J connectivity index is 1.51. The first kappa shape index (κ1) is 18.6. The van der Waals surface area contributed by atoms with Gasteiger partial charge in [0, 0.05) is 30.3 Å². The van der Waals surface area contributed by atoms with Crippen LogP contribution in [0, 0.1) is 0 Å². The normalized spacial score (nSPS) is 15.0. The van der Waals surface area contributed by atoms with Crippen molar-refractivity contribution in [2.75, 3.05) is 0 Å². The van der Waals surface area contributed by atoms with Crippen molar-refractivity contribution in [2.45, 2.75) is 37.8 Å². The van der Waals surface area contributed by atoms with E-state index < -0.39 is 11.8 Å². The quantitative estimate of drug-likeness (QED) is 0.674. The third-order valence-corrected chi connectivity index (χ3v) is 5.12. The molecule has 9 heteroatoms. The Morgan fingerprint density at radius 3 is 2.68 bits per heavy atom. The van der Waals surface area contributed by atoms with Gasteiger partial charge in [-0.25, -0.2) is 4.79 Å². The molecule has 1 aliphatic carbocycles. The second kappa shape index (κ2) is 7.37. The Morgan fingerprint density at radius 1 is 1.29 bits per heavy atom. The van der Waals surface area contributed by atoms with E-state index in [-0.39, 0.29) is 30.2 Å².